The third kappa shape index (κ3) is 1.45. The van der Waals surface area contributed by atoms with E-state index in [2.05, 4.69) is 0 Å². The molecular formula is C15H14ClNO2. The van der Waals surface area contributed by atoms with Crippen molar-refractivity contribution in [3.8, 4) is 0 Å². The van der Waals surface area contributed by atoms with Gasteiger partial charge in [0.25, 0.3) is 0 Å². The molecule has 0 N–H and O–H groups in total. The van der Waals surface area contributed by atoms with Crippen LogP contribution in [0.15, 0.2) is 24.3 Å². The summed E-state index contributed by atoms with van der Waals surface area (Å²) in [6.07, 6.45) is 3.29. The van der Waals surface area contributed by atoms with E-state index < -0.39 is 0 Å². The molecule has 2 amide bonds. The number of nitrogens with zero attached hydrogens (tertiary/aromatic N) is 1. The zero-order chi connectivity index (χ0) is 13.1. The van der Waals surface area contributed by atoms with Gasteiger partial charge in [0.15, 0.2) is 0 Å². The van der Waals surface area contributed by atoms with Crippen LogP contribution in [0.4, 0.5) is 5.69 Å². The molecule has 3 aliphatic rings. The van der Waals surface area contributed by atoms with Crippen molar-refractivity contribution in [1.29, 1.82) is 0 Å². The summed E-state index contributed by atoms with van der Waals surface area (Å²) >= 11 is 5.85. The summed E-state index contributed by atoms with van der Waals surface area (Å²) in [5.41, 5.74) is 0.660. The van der Waals surface area contributed by atoms with Crippen LogP contribution in [0.25, 0.3) is 0 Å². The van der Waals surface area contributed by atoms with Gasteiger partial charge in [0.1, 0.15) is 0 Å². The number of hydrogen-bond donors (Lipinski definition) is 0. The van der Waals surface area contributed by atoms with Crippen LogP contribution in [-0.4, -0.2) is 11.8 Å². The Morgan fingerprint density at radius 2 is 1.47 bits per heavy atom. The molecule has 1 heterocycles. The predicted octanol–water partition coefficient (Wildman–Crippen LogP) is 2.88. The van der Waals surface area contributed by atoms with E-state index in [0.717, 1.165) is 19.3 Å². The van der Waals surface area contributed by atoms with E-state index in [4.69, 9.17) is 11.6 Å². The second-order valence-corrected chi connectivity index (χ2v) is 6.31. The van der Waals surface area contributed by atoms with E-state index in [1.807, 2.05) is 0 Å². The van der Waals surface area contributed by atoms with E-state index in [0.29, 0.717) is 22.5 Å². The normalized spacial score (nSPS) is 36.2. The van der Waals surface area contributed by atoms with Crippen molar-refractivity contribution >= 4 is 29.1 Å². The number of carbonyl (C=O) groups excluding carboxylic acids is 2. The Bertz CT molecular complexity index is 540. The molecule has 3 nitrogen and oxygen atoms in total. The van der Waals surface area contributed by atoms with Gasteiger partial charge in [-0.15, -0.1) is 0 Å². The summed E-state index contributed by atoms with van der Waals surface area (Å²) in [5, 5.41) is 0.614. The van der Waals surface area contributed by atoms with Crippen LogP contribution >= 0.6 is 11.6 Å². The first-order valence-electron chi connectivity index (χ1n) is 6.80. The molecule has 2 bridgehead atoms. The maximum atomic E-state index is 12.5. The molecule has 1 saturated heterocycles. The summed E-state index contributed by atoms with van der Waals surface area (Å²) in [4.78, 5) is 26.5. The van der Waals surface area contributed by atoms with E-state index in [1.165, 1.54) is 4.90 Å². The smallest absolute Gasteiger partial charge is 0.237 e. The Morgan fingerprint density at radius 1 is 0.947 bits per heavy atom. The zero-order valence-electron chi connectivity index (χ0n) is 10.4. The van der Waals surface area contributed by atoms with Crippen LogP contribution in [-0.2, 0) is 9.59 Å². The van der Waals surface area contributed by atoms with E-state index >= 15 is 0 Å². The van der Waals surface area contributed by atoms with E-state index in [1.54, 1.807) is 24.3 Å². The first-order chi connectivity index (χ1) is 9.16. The molecule has 98 valence electrons. The molecule has 1 aromatic carbocycles. The van der Waals surface area contributed by atoms with Crippen molar-refractivity contribution in [3.63, 3.8) is 0 Å². The van der Waals surface area contributed by atoms with Crippen molar-refractivity contribution in [3.05, 3.63) is 29.3 Å². The molecule has 4 atom stereocenters. The lowest BCUT2D eigenvalue weighted by atomic mass is 9.81. The fraction of sp³-hybridized carbons (Fsp3) is 0.467. The van der Waals surface area contributed by atoms with Gasteiger partial charge in [-0.1, -0.05) is 11.6 Å². The number of fused-ring (bicyclic) bond motifs is 5. The maximum Gasteiger partial charge on any atom is 0.237 e. The van der Waals surface area contributed by atoms with Crippen molar-refractivity contribution < 1.29 is 9.59 Å². The SMILES string of the molecule is O=C1C2C3CCC(C3)C2C(=O)N1c1ccc(Cl)cc1. The topological polar surface area (TPSA) is 37.4 Å². The highest BCUT2D eigenvalue weighted by molar-refractivity contribution is 6.30. The van der Waals surface area contributed by atoms with Crippen molar-refractivity contribution in [2.75, 3.05) is 4.90 Å². The summed E-state index contributed by atoms with van der Waals surface area (Å²) in [6.45, 7) is 0. The zero-order valence-corrected chi connectivity index (χ0v) is 11.1. The highest BCUT2D eigenvalue weighted by Gasteiger charge is 2.61. The highest BCUT2D eigenvalue weighted by atomic mass is 35.5. The van der Waals surface area contributed by atoms with E-state index in [-0.39, 0.29) is 23.7 Å². The van der Waals surface area contributed by atoms with Gasteiger partial charge in [0.2, 0.25) is 11.8 Å². The molecule has 4 unspecified atom stereocenters. The molecule has 1 aliphatic heterocycles. The second-order valence-electron chi connectivity index (χ2n) is 5.87. The lowest BCUT2D eigenvalue weighted by Crippen LogP contribution is -2.32. The molecule has 0 radical (unpaired) electrons. The minimum Gasteiger partial charge on any atom is -0.274 e. The second kappa shape index (κ2) is 3.83. The van der Waals surface area contributed by atoms with Crippen LogP contribution in [0, 0.1) is 23.7 Å². The Labute approximate surface area is 116 Å². The molecule has 1 aromatic rings. The number of benzene rings is 1. The molecule has 0 spiro atoms. The fourth-order valence-corrected chi connectivity index (χ4v) is 4.38. The Kier molecular flexibility index (Phi) is 2.31. The summed E-state index contributed by atoms with van der Waals surface area (Å²) in [5.74, 6) is 0.769. The van der Waals surface area contributed by atoms with Crippen molar-refractivity contribution in [1.82, 2.24) is 0 Å². The van der Waals surface area contributed by atoms with E-state index in [9.17, 15) is 9.59 Å². The summed E-state index contributed by atoms with van der Waals surface area (Å²) < 4.78 is 0. The van der Waals surface area contributed by atoms with Gasteiger partial charge in [0, 0.05) is 5.02 Å². The molecule has 2 saturated carbocycles. The third-order valence-corrected chi connectivity index (χ3v) is 5.26. The Morgan fingerprint density at radius 3 is 2.00 bits per heavy atom. The van der Waals surface area contributed by atoms with Gasteiger partial charge >= 0.3 is 0 Å². The van der Waals surface area contributed by atoms with Crippen LogP contribution < -0.4 is 4.90 Å². The monoisotopic (exact) mass is 275 g/mol. The number of hydrogen-bond acceptors (Lipinski definition) is 2. The lowest BCUT2D eigenvalue weighted by Gasteiger charge is -2.19. The third-order valence-electron chi connectivity index (χ3n) is 5.01. The van der Waals surface area contributed by atoms with Gasteiger partial charge in [-0.3, -0.25) is 14.5 Å². The van der Waals surface area contributed by atoms with Crippen LogP contribution in [0.3, 0.4) is 0 Å². The number of anilines is 1. The highest BCUT2D eigenvalue weighted by Crippen LogP contribution is 2.56. The standard InChI is InChI=1S/C15H14ClNO2/c16-10-3-5-11(6-4-10)17-14(18)12-8-1-2-9(7-8)13(12)15(17)19/h3-6,8-9,12-13H,1-2,7H2. The number of amides is 2. The molecule has 4 heteroatoms. The Balaban J connectivity index is 1.73. The molecule has 3 fully saturated rings. The van der Waals surface area contributed by atoms with Gasteiger partial charge < -0.3 is 0 Å². The predicted molar refractivity (Wildman–Crippen MR) is 71.8 cm³/mol. The van der Waals surface area contributed by atoms with Gasteiger partial charge in [-0.25, -0.2) is 0 Å². The summed E-state index contributed by atoms with van der Waals surface area (Å²) in [6, 6.07) is 6.95. The van der Waals surface area contributed by atoms with Gasteiger partial charge in [-0.05, 0) is 55.4 Å². The summed E-state index contributed by atoms with van der Waals surface area (Å²) in [7, 11) is 0. The van der Waals surface area contributed by atoms with Crippen LogP contribution in [0.5, 0.6) is 0 Å². The van der Waals surface area contributed by atoms with Crippen molar-refractivity contribution in [2.24, 2.45) is 23.7 Å². The minimum atomic E-state index is -0.0538. The first-order valence-corrected chi connectivity index (χ1v) is 7.18. The van der Waals surface area contributed by atoms with Crippen molar-refractivity contribution in [2.45, 2.75) is 19.3 Å². The molecular weight excluding hydrogens is 262 g/mol. The average molecular weight is 276 g/mol. The molecule has 2 aliphatic carbocycles. The Hall–Kier alpha value is -1.35. The largest absolute Gasteiger partial charge is 0.274 e. The minimum absolute atomic E-state index is 0.00419. The number of carbonyl (C=O) groups is 2. The average Bonchev–Trinajstić information content (AvgIpc) is 3.06. The molecule has 4 rings (SSSR count). The van der Waals surface area contributed by atoms with Crippen LogP contribution in [0.2, 0.25) is 5.02 Å². The van der Waals surface area contributed by atoms with Gasteiger partial charge in [0.05, 0.1) is 17.5 Å². The van der Waals surface area contributed by atoms with Gasteiger partial charge in [-0.2, -0.15) is 0 Å². The van der Waals surface area contributed by atoms with Crippen LogP contribution in [0.1, 0.15) is 19.3 Å². The number of imide groups is 1. The lowest BCUT2D eigenvalue weighted by molar-refractivity contribution is -0.123. The molecule has 19 heavy (non-hydrogen) atoms. The first kappa shape index (κ1) is 11.5. The molecule has 0 aromatic heterocycles. The quantitative estimate of drug-likeness (QED) is 0.739. The fourth-order valence-electron chi connectivity index (χ4n) is 4.25. The number of rotatable bonds is 1. The maximum absolute atomic E-state index is 12.5. The number of halogens is 1.